The van der Waals surface area contributed by atoms with Crippen LogP contribution in [0.3, 0.4) is 0 Å². The van der Waals surface area contributed by atoms with Crippen molar-refractivity contribution in [3.05, 3.63) is 60.2 Å². The molecule has 0 saturated carbocycles. The third-order valence-corrected chi connectivity index (χ3v) is 3.29. The minimum absolute atomic E-state index is 0.0209. The van der Waals surface area contributed by atoms with E-state index >= 15 is 0 Å². The number of hydrogen-bond acceptors (Lipinski definition) is 3. The lowest BCUT2D eigenvalue weighted by Crippen LogP contribution is -2.34. The van der Waals surface area contributed by atoms with Crippen LogP contribution in [-0.2, 0) is 11.2 Å². The fourth-order valence-electron chi connectivity index (χ4n) is 2.17. The summed E-state index contributed by atoms with van der Waals surface area (Å²) in [6, 6.07) is 17.2. The molecule has 0 aliphatic rings. The van der Waals surface area contributed by atoms with Gasteiger partial charge in [0.1, 0.15) is 0 Å². The summed E-state index contributed by atoms with van der Waals surface area (Å²) in [6.45, 7) is 0.247. The van der Waals surface area contributed by atoms with E-state index in [1.54, 1.807) is 4.90 Å². The Hall–Kier alpha value is -2.33. The number of aliphatic hydroxyl groups is 1. The normalized spacial score (nSPS) is 10.2. The van der Waals surface area contributed by atoms with Gasteiger partial charge < -0.3 is 15.3 Å². The lowest BCUT2D eigenvalue weighted by atomic mass is 10.1. The van der Waals surface area contributed by atoms with Gasteiger partial charge in [0.05, 0.1) is 13.0 Å². The second kappa shape index (κ2) is 7.45. The number of carbonyl (C=O) groups is 1. The summed E-state index contributed by atoms with van der Waals surface area (Å²) in [5, 5.41) is 12.2. The highest BCUT2D eigenvalue weighted by molar-refractivity contribution is 5.94. The number of nitrogens with one attached hydrogen (secondary N) is 1. The van der Waals surface area contributed by atoms with Gasteiger partial charge in [-0.3, -0.25) is 4.79 Å². The number of anilines is 2. The van der Waals surface area contributed by atoms with Crippen LogP contribution in [0.1, 0.15) is 5.56 Å². The molecule has 4 nitrogen and oxygen atoms in total. The van der Waals surface area contributed by atoms with Gasteiger partial charge in [0.25, 0.3) is 0 Å². The van der Waals surface area contributed by atoms with Gasteiger partial charge in [0.15, 0.2) is 0 Å². The number of hydrogen-bond donors (Lipinski definition) is 2. The first kappa shape index (κ1) is 15.1. The molecule has 0 radical (unpaired) electrons. The fourth-order valence-corrected chi connectivity index (χ4v) is 2.17. The van der Waals surface area contributed by atoms with Gasteiger partial charge in [-0.25, -0.2) is 0 Å². The highest BCUT2D eigenvalue weighted by Gasteiger charge is 2.15. The van der Waals surface area contributed by atoms with E-state index in [1.165, 1.54) is 0 Å². The Morgan fingerprint density at radius 3 is 2.33 bits per heavy atom. The fraction of sp³-hybridized carbons (Fsp3) is 0.235. The predicted molar refractivity (Wildman–Crippen MR) is 85.6 cm³/mol. The highest BCUT2D eigenvalue weighted by atomic mass is 16.3. The van der Waals surface area contributed by atoms with Gasteiger partial charge in [-0.1, -0.05) is 30.3 Å². The van der Waals surface area contributed by atoms with Crippen LogP contribution in [0.15, 0.2) is 54.6 Å². The van der Waals surface area contributed by atoms with Crippen molar-refractivity contribution in [2.45, 2.75) is 6.42 Å². The molecule has 0 bridgehead atoms. The minimum atomic E-state index is -0.0562. The number of nitrogens with zero attached hydrogens (tertiary/aromatic N) is 1. The van der Waals surface area contributed by atoms with Crippen molar-refractivity contribution >= 4 is 17.3 Å². The average Bonchev–Trinajstić information content (AvgIpc) is 2.54. The molecule has 0 atom stereocenters. The molecule has 21 heavy (non-hydrogen) atoms. The quantitative estimate of drug-likeness (QED) is 0.856. The molecule has 0 fully saturated rings. The van der Waals surface area contributed by atoms with Gasteiger partial charge in [-0.2, -0.15) is 0 Å². The SMILES string of the molecule is CNc1ccc(CC(=O)N(CCO)c2ccccc2)cc1. The molecule has 0 spiro atoms. The Morgan fingerprint density at radius 1 is 1.10 bits per heavy atom. The van der Waals surface area contributed by atoms with Gasteiger partial charge in [-0.05, 0) is 29.8 Å². The van der Waals surface area contributed by atoms with Crippen LogP contribution in [0.2, 0.25) is 0 Å². The van der Waals surface area contributed by atoms with E-state index in [0.717, 1.165) is 16.9 Å². The summed E-state index contributed by atoms with van der Waals surface area (Å²) in [6.07, 6.45) is 0.318. The molecule has 0 heterocycles. The van der Waals surface area contributed by atoms with Crippen molar-refractivity contribution in [2.24, 2.45) is 0 Å². The monoisotopic (exact) mass is 284 g/mol. The molecule has 0 unspecified atom stereocenters. The molecule has 2 N–H and O–H groups in total. The average molecular weight is 284 g/mol. The van der Waals surface area contributed by atoms with E-state index in [2.05, 4.69) is 5.32 Å². The second-order valence-corrected chi connectivity index (χ2v) is 4.73. The number of carbonyl (C=O) groups excluding carboxylic acids is 1. The smallest absolute Gasteiger partial charge is 0.231 e. The standard InChI is InChI=1S/C17H20N2O2/c1-18-15-9-7-14(8-10-15)13-17(21)19(11-12-20)16-5-3-2-4-6-16/h2-10,18,20H,11-13H2,1H3. The summed E-state index contributed by atoms with van der Waals surface area (Å²) in [4.78, 5) is 14.1. The van der Waals surface area contributed by atoms with Crippen molar-refractivity contribution in [2.75, 3.05) is 30.4 Å². The van der Waals surface area contributed by atoms with Crippen LogP contribution in [0.4, 0.5) is 11.4 Å². The van der Waals surface area contributed by atoms with E-state index in [4.69, 9.17) is 0 Å². The van der Waals surface area contributed by atoms with Crippen LogP contribution in [0, 0.1) is 0 Å². The summed E-state index contributed by atoms with van der Waals surface area (Å²) in [5.74, 6) is -0.0209. The van der Waals surface area contributed by atoms with E-state index in [-0.39, 0.29) is 12.5 Å². The first-order valence-corrected chi connectivity index (χ1v) is 6.97. The topological polar surface area (TPSA) is 52.6 Å². The van der Waals surface area contributed by atoms with Crippen molar-refractivity contribution in [3.8, 4) is 0 Å². The molecule has 2 rings (SSSR count). The van der Waals surface area contributed by atoms with Crippen LogP contribution in [0.5, 0.6) is 0 Å². The summed E-state index contributed by atoms with van der Waals surface area (Å²) in [5.41, 5.74) is 2.78. The molecule has 4 heteroatoms. The number of para-hydroxylation sites is 1. The van der Waals surface area contributed by atoms with Crippen LogP contribution in [-0.4, -0.2) is 31.2 Å². The number of benzene rings is 2. The molecule has 1 amide bonds. The predicted octanol–water partition coefficient (Wildman–Crippen LogP) is 2.30. The zero-order chi connectivity index (χ0) is 15.1. The first-order valence-electron chi connectivity index (χ1n) is 6.97. The largest absolute Gasteiger partial charge is 0.395 e. The third-order valence-electron chi connectivity index (χ3n) is 3.29. The molecule has 110 valence electrons. The molecule has 0 aliphatic carbocycles. The maximum Gasteiger partial charge on any atom is 0.231 e. The summed E-state index contributed by atoms with van der Waals surface area (Å²) in [7, 11) is 1.86. The van der Waals surface area contributed by atoms with E-state index < -0.39 is 0 Å². The second-order valence-electron chi connectivity index (χ2n) is 4.73. The molecule has 0 aliphatic heterocycles. The molecule has 2 aromatic rings. The maximum atomic E-state index is 12.5. The van der Waals surface area contributed by atoms with Crippen LogP contribution in [0.25, 0.3) is 0 Å². The van der Waals surface area contributed by atoms with Crippen molar-refractivity contribution in [1.29, 1.82) is 0 Å². The lowest BCUT2D eigenvalue weighted by Gasteiger charge is -2.22. The molecule has 0 saturated heterocycles. The van der Waals surface area contributed by atoms with E-state index in [9.17, 15) is 9.90 Å². The third kappa shape index (κ3) is 4.07. The van der Waals surface area contributed by atoms with Crippen molar-refractivity contribution in [3.63, 3.8) is 0 Å². The van der Waals surface area contributed by atoms with Crippen LogP contribution >= 0.6 is 0 Å². The molecular weight excluding hydrogens is 264 g/mol. The Bertz CT molecular complexity index is 567. The Balaban J connectivity index is 2.11. The van der Waals surface area contributed by atoms with Gasteiger partial charge in [0.2, 0.25) is 5.91 Å². The highest BCUT2D eigenvalue weighted by Crippen LogP contribution is 2.16. The zero-order valence-corrected chi connectivity index (χ0v) is 12.1. The van der Waals surface area contributed by atoms with Gasteiger partial charge >= 0.3 is 0 Å². The van der Waals surface area contributed by atoms with Gasteiger partial charge in [-0.15, -0.1) is 0 Å². The number of rotatable bonds is 6. The summed E-state index contributed by atoms with van der Waals surface area (Å²) >= 11 is 0. The summed E-state index contributed by atoms with van der Waals surface area (Å²) < 4.78 is 0. The Labute approximate surface area is 125 Å². The van der Waals surface area contributed by atoms with E-state index in [0.29, 0.717) is 13.0 Å². The van der Waals surface area contributed by atoms with Gasteiger partial charge in [0, 0.05) is 25.0 Å². The molecular formula is C17H20N2O2. The lowest BCUT2D eigenvalue weighted by molar-refractivity contribution is -0.118. The first-order chi connectivity index (χ1) is 10.2. The number of amides is 1. The Kier molecular flexibility index (Phi) is 5.35. The molecule has 0 aromatic heterocycles. The van der Waals surface area contributed by atoms with E-state index in [1.807, 2.05) is 61.6 Å². The minimum Gasteiger partial charge on any atom is -0.395 e. The number of aliphatic hydroxyl groups excluding tert-OH is 1. The van der Waals surface area contributed by atoms with Crippen LogP contribution < -0.4 is 10.2 Å². The Morgan fingerprint density at radius 2 is 1.76 bits per heavy atom. The van der Waals surface area contributed by atoms with Crippen molar-refractivity contribution < 1.29 is 9.90 Å². The maximum absolute atomic E-state index is 12.5. The molecule has 2 aromatic carbocycles. The van der Waals surface area contributed by atoms with Crippen molar-refractivity contribution in [1.82, 2.24) is 0 Å². The zero-order valence-electron chi connectivity index (χ0n) is 12.1.